The van der Waals surface area contributed by atoms with Gasteiger partial charge < -0.3 is 0 Å². The summed E-state index contributed by atoms with van der Waals surface area (Å²) in [6.07, 6.45) is 5.18. The van der Waals surface area contributed by atoms with Crippen molar-refractivity contribution >= 4 is 5.57 Å². The maximum atomic E-state index is 2.49. The third-order valence-corrected chi connectivity index (χ3v) is 3.71. The van der Waals surface area contributed by atoms with Crippen molar-refractivity contribution in [3.05, 3.63) is 42.0 Å². The summed E-state index contributed by atoms with van der Waals surface area (Å²) in [6.45, 7) is 7.02. The average Bonchev–Trinajstić information content (AvgIpc) is 2.29. The molecule has 0 fully saturated rings. The second kappa shape index (κ2) is 4.86. The highest BCUT2D eigenvalue weighted by Gasteiger charge is 2.24. The number of hydrogen-bond acceptors (Lipinski definition) is 0. The van der Waals surface area contributed by atoms with E-state index in [0.717, 1.165) is 17.8 Å². The largest absolute Gasteiger partial charge is 0.0776 e. The Hall–Kier alpha value is -1.04. The lowest BCUT2D eigenvalue weighted by Gasteiger charge is -2.30. The summed E-state index contributed by atoms with van der Waals surface area (Å²) >= 11 is 0. The zero-order valence-corrected chi connectivity index (χ0v) is 10.6. The van der Waals surface area contributed by atoms with Gasteiger partial charge in [0.25, 0.3) is 0 Å². The highest BCUT2D eigenvalue weighted by Crippen LogP contribution is 2.38. The molecule has 1 aliphatic rings. The first-order valence-corrected chi connectivity index (χ1v) is 6.45. The van der Waals surface area contributed by atoms with E-state index in [9.17, 15) is 0 Å². The summed E-state index contributed by atoms with van der Waals surface area (Å²) < 4.78 is 0. The molecule has 0 aromatic heterocycles. The van der Waals surface area contributed by atoms with E-state index in [0.29, 0.717) is 0 Å². The zero-order valence-electron chi connectivity index (χ0n) is 10.6. The molecular weight excluding hydrogens is 192 g/mol. The molecule has 1 aromatic rings. The number of rotatable bonds is 2. The highest BCUT2D eigenvalue weighted by atomic mass is 14.3. The van der Waals surface area contributed by atoms with Crippen LogP contribution in [0.15, 0.2) is 36.4 Å². The molecule has 2 atom stereocenters. The molecule has 0 N–H and O–H groups in total. The lowest BCUT2D eigenvalue weighted by Crippen LogP contribution is -2.17. The Kier molecular flexibility index (Phi) is 3.48. The quantitative estimate of drug-likeness (QED) is 0.665. The van der Waals surface area contributed by atoms with Crippen molar-refractivity contribution in [1.82, 2.24) is 0 Å². The Labute approximate surface area is 99.4 Å². The fraction of sp³-hybridized carbons (Fsp3) is 0.500. The maximum absolute atomic E-state index is 2.49. The van der Waals surface area contributed by atoms with Gasteiger partial charge >= 0.3 is 0 Å². The Morgan fingerprint density at radius 3 is 2.38 bits per heavy atom. The van der Waals surface area contributed by atoms with Gasteiger partial charge in [-0.1, -0.05) is 57.2 Å². The van der Waals surface area contributed by atoms with E-state index in [1.807, 2.05) is 0 Å². The number of allylic oxidation sites excluding steroid dienone is 2. The third kappa shape index (κ3) is 2.37. The fourth-order valence-corrected chi connectivity index (χ4v) is 2.74. The molecular formula is C16H22. The second-order valence-corrected chi connectivity index (χ2v) is 5.39. The summed E-state index contributed by atoms with van der Waals surface area (Å²) in [5, 5.41) is 0. The monoisotopic (exact) mass is 214 g/mol. The van der Waals surface area contributed by atoms with Crippen molar-refractivity contribution in [2.75, 3.05) is 0 Å². The van der Waals surface area contributed by atoms with Gasteiger partial charge in [-0.05, 0) is 41.7 Å². The molecule has 0 amide bonds. The van der Waals surface area contributed by atoms with Crippen LogP contribution in [0.2, 0.25) is 0 Å². The zero-order chi connectivity index (χ0) is 11.5. The summed E-state index contributed by atoms with van der Waals surface area (Å²) in [5.74, 6) is 2.24. The normalized spacial score (nSPS) is 25.6. The molecule has 0 saturated carbocycles. The molecule has 1 aromatic carbocycles. The molecule has 2 rings (SSSR count). The molecule has 0 heterocycles. The SMILES string of the molecule is CC(C)C1CC[C@@H](C)C=C1c1ccccc1. The topological polar surface area (TPSA) is 0 Å². The van der Waals surface area contributed by atoms with Crippen LogP contribution in [0, 0.1) is 17.8 Å². The average molecular weight is 214 g/mol. The summed E-state index contributed by atoms with van der Waals surface area (Å²) in [6, 6.07) is 10.9. The van der Waals surface area contributed by atoms with E-state index in [1.54, 1.807) is 5.57 Å². The molecule has 0 bridgehead atoms. The minimum absolute atomic E-state index is 0.741. The van der Waals surface area contributed by atoms with Gasteiger partial charge in [0.1, 0.15) is 0 Å². The van der Waals surface area contributed by atoms with E-state index in [4.69, 9.17) is 0 Å². The predicted octanol–water partition coefficient (Wildman–Crippen LogP) is 4.77. The molecule has 0 radical (unpaired) electrons. The summed E-state index contributed by atoms with van der Waals surface area (Å²) in [4.78, 5) is 0. The number of hydrogen-bond donors (Lipinski definition) is 0. The standard InChI is InChI=1S/C16H22/c1-12(2)15-10-9-13(3)11-16(15)14-7-5-4-6-8-14/h4-8,11-13,15H,9-10H2,1-3H3/t13-,15?/m1/s1. The van der Waals surface area contributed by atoms with Crippen LogP contribution >= 0.6 is 0 Å². The van der Waals surface area contributed by atoms with Crippen molar-refractivity contribution in [2.45, 2.75) is 33.6 Å². The summed E-state index contributed by atoms with van der Waals surface area (Å²) in [7, 11) is 0. The Bertz CT molecular complexity index is 359. The fourth-order valence-electron chi connectivity index (χ4n) is 2.74. The van der Waals surface area contributed by atoms with Crippen molar-refractivity contribution in [1.29, 1.82) is 0 Å². The first-order valence-electron chi connectivity index (χ1n) is 6.45. The smallest absolute Gasteiger partial charge is 0.0136 e. The van der Waals surface area contributed by atoms with Crippen molar-refractivity contribution in [3.63, 3.8) is 0 Å². The first-order chi connectivity index (χ1) is 7.68. The van der Waals surface area contributed by atoms with E-state index in [-0.39, 0.29) is 0 Å². The van der Waals surface area contributed by atoms with E-state index >= 15 is 0 Å². The predicted molar refractivity (Wildman–Crippen MR) is 71.1 cm³/mol. The maximum Gasteiger partial charge on any atom is -0.0136 e. The van der Waals surface area contributed by atoms with E-state index in [2.05, 4.69) is 57.2 Å². The number of benzene rings is 1. The molecule has 0 nitrogen and oxygen atoms in total. The Morgan fingerprint density at radius 1 is 1.06 bits per heavy atom. The van der Waals surface area contributed by atoms with Crippen LogP contribution in [-0.2, 0) is 0 Å². The minimum Gasteiger partial charge on any atom is -0.0776 e. The molecule has 16 heavy (non-hydrogen) atoms. The van der Waals surface area contributed by atoms with Crippen molar-refractivity contribution in [2.24, 2.45) is 17.8 Å². The van der Waals surface area contributed by atoms with E-state index in [1.165, 1.54) is 18.4 Å². The minimum atomic E-state index is 0.741. The lowest BCUT2D eigenvalue weighted by molar-refractivity contribution is 0.397. The van der Waals surface area contributed by atoms with Crippen molar-refractivity contribution < 1.29 is 0 Å². The molecule has 0 spiro atoms. The lowest BCUT2D eigenvalue weighted by atomic mass is 9.75. The molecule has 1 unspecified atom stereocenters. The van der Waals surface area contributed by atoms with Crippen LogP contribution in [0.1, 0.15) is 39.2 Å². The van der Waals surface area contributed by atoms with Gasteiger partial charge in [0.15, 0.2) is 0 Å². The van der Waals surface area contributed by atoms with Crippen molar-refractivity contribution in [3.8, 4) is 0 Å². The van der Waals surface area contributed by atoms with Gasteiger partial charge in [-0.15, -0.1) is 0 Å². The van der Waals surface area contributed by atoms with Gasteiger partial charge in [-0.25, -0.2) is 0 Å². The van der Waals surface area contributed by atoms with Gasteiger partial charge in [0.2, 0.25) is 0 Å². The molecule has 86 valence electrons. The Morgan fingerprint density at radius 2 is 1.75 bits per heavy atom. The molecule has 0 heteroatoms. The second-order valence-electron chi connectivity index (χ2n) is 5.39. The van der Waals surface area contributed by atoms with Gasteiger partial charge in [0, 0.05) is 0 Å². The van der Waals surface area contributed by atoms with Crippen LogP contribution in [0.3, 0.4) is 0 Å². The van der Waals surface area contributed by atoms with Crippen LogP contribution in [0.25, 0.3) is 5.57 Å². The Balaban J connectivity index is 2.34. The molecule has 1 aliphatic carbocycles. The third-order valence-electron chi connectivity index (χ3n) is 3.71. The summed E-state index contributed by atoms with van der Waals surface area (Å²) in [5.41, 5.74) is 3.00. The van der Waals surface area contributed by atoms with Crippen LogP contribution in [0.5, 0.6) is 0 Å². The van der Waals surface area contributed by atoms with E-state index < -0.39 is 0 Å². The molecule has 0 saturated heterocycles. The van der Waals surface area contributed by atoms with Crippen LogP contribution < -0.4 is 0 Å². The van der Waals surface area contributed by atoms with Crippen LogP contribution in [-0.4, -0.2) is 0 Å². The van der Waals surface area contributed by atoms with Crippen LogP contribution in [0.4, 0.5) is 0 Å². The van der Waals surface area contributed by atoms with Gasteiger partial charge in [0.05, 0.1) is 0 Å². The highest BCUT2D eigenvalue weighted by molar-refractivity contribution is 5.68. The van der Waals surface area contributed by atoms with Gasteiger partial charge in [-0.3, -0.25) is 0 Å². The van der Waals surface area contributed by atoms with Gasteiger partial charge in [-0.2, -0.15) is 0 Å². The first kappa shape index (κ1) is 11.4. The molecule has 0 aliphatic heterocycles.